The monoisotopic (exact) mass is 937 g/mol. The Morgan fingerprint density at radius 3 is 2.67 bits per heavy atom. The number of amides is 4. The van der Waals surface area contributed by atoms with Crippen LogP contribution in [0.1, 0.15) is 77.7 Å². The van der Waals surface area contributed by atoms with Gasteiger partial charge in [0.1, 0.15) is 18.2 Å². The lowest BCUT2D eigenvalue weighted by atomic mass is 9.84. The molecule has 17 heteroatoms. The SMILES string of the molecule is C=CC(=O)N1CC[C@H](C(=O)N(C)[C@H](C(=O)N[Si]2CC3=CCCN(C3)c3ccc4c(c3)c(c(-c3cccnc3[C@H](C=S)OC)n4CC)CC(C)(C)COC(=O)[C@@H]3CCCN(N3)C2=O)C(C)C)C1. The number of ether oxygens (including phenoxy) is 2. The maximum absolute atomic E-state index is 14.8. The van der Waals surface area contributed by atoms with E-state index in [1.807, 2.05) is 19.9 Å². The highest BCUT2D eigenvalue weighted by molar-refractivity contribution is 7.79. The van der Waals surface area contributed by atoms with E-state index in [2.05, 4.69) is 77.6 Å². The molecule has 4 atom stereocenters. The fraction of sp³-hybridized carbons (Fsp3) is 0.531. The van der Waals surface area contributed by atoms with Crippen molar-refractivity contribution in [2.75, 3.05) is 58.4 Å². The van der Waals surface area contributed by atoms with Gasteiger partial charge in [0.25, 0.3) is 8.96 Å². The zero-order chi connectivity index (χ0) is 47.4. The van der Waals surface area contributed by atoms with E-state index in [0.717, 1.165) is 57.6 Å². The lowest BCUT2D eigenvalue weighted by molar-refractivity contribution is -0.151. The summed E-state index contributed by atoms with van der Waals surface area (Å²) in [6, 6.07) is 9.30. The van der Waals surface area contributed by atoms with Crippen LogP contribution in [0.3, 0.4) is 0 Å². The maximum atomic E-state index is 14.8. The number of nitrogens with zero attached hydrogens (tertiary/aromatic N) is 6. The number of cyclic esters (lactones) is 1. The number of carbonyl (C=O) groups excluding carboxylic acids is 5. The molecule has 2 saturated heterocycles. The summed E-state index contributed by atoms with van der Waals surface area (Å²) >= 11 is 5.42. The molecule has 3 aromatic rings. The van der Waals surface area contributed by atoms with Gasteiger partial charge in [0.15, 0.2) is 0 Å². The Bertz CT molecular complexity index is 2400. The molecule has 2 N–H and O–H groups in total. The highest BCUT2D eigenvalue weighted by Crippen LogP contribution is 2.42. The zero-order valence-electron chi connectivity index (χ0n) is 39.4. The molecule has 4 aliphatic heterocycles. The lowest BCUT2D eigenvalue weighted by Crippen LogP contribution is -2.63. The van der Waals surface area contributed by atoms with Crippen LogP contribution >= 0.6 is 12.2 Å². The van der Waals surface area contributed by atoms with Gasteiger partial charge >= 0.3 is 5.97 Å². The molecule has 4 amide bonds. The van der Waals surface area contributed by atoms with Gasteiger partial charge in [0.2, 0.25) is 23.3 Å². The number of aromatic nitrogens is 2. The summed E-state index contributed by atoms with van der Waals surface area (Å²) in [5.74, 6) is -2.03. The van der Waals surface area contributed by atoms with Gasteiger partial charge in [-0.3, -0.25) is 34.0 Å². The van der Waals surface area contributed by atoms with Crippen LogP contribution in [-0.2, 0) is 41.6 Å². The number of thiocarbonyl (C=S) groups is 1. The number of hydrogen-bond acceptors (Lipinski definition) is 11. The molecule has 7 rings (SSSR count). The molecule has 0 unspecified atom stereocenters. The molecule has 6 bridgehead atoms. The molecule has 1 aromatic carbocycles. The number of esters is 1. The van der Waals surface area contributed by atoms with Crippen molar-refractivity contribution in [3.05, 3.63) is 72.1 Å². The van der Waals surface area contributed by atoms with Crippen LogP contribution < -0.4 is 15.3 Å². The highest BCUT2D eigenvalue weighted by Gasteiger charge is 2.41. The number of pyridine rings is 1. The molecular weight excluding hydrogens is 873 g/mol. The minimum Gasteiger partial charge on any atom is -0.464 e. The molecule has 4 aliphatic rings. The second-order valence-electron chi connectivity index (χ2n) is 19.1. The number of fused-ring (bicyclic) bond motifs is 6. The summed E-state index contributed by atoms with van der Waals surface area (Å²) in [6.45, 7) is 16.9. The molecule has 2 fully saturated rings. The standard InChI is InChI=1S/C49H65N8O7SSi/c1-9-41(58)55-23-19-33(27-55)46(60)53(7)43(31(3)4)45(59)52-66-29-32-14-12-21-54(26-32)34-17-18-39-36(24-34)37(44(56(39)10-2)35-15-11-20-50-42(35)40(28-65)63-8)25-49(5,6)30-64-47(61)38-16-13-22-57(51-38)48(66)62/h9,11,14-15,17-18,20,24,28,31,33,38,40,43,51H,1,10,12-13,16,19,21-23,25-27,29-30H2,2-8H3,(H,52,59)/t33-,38-,40-,43-/m0/s1. The van der Waals surface area contributed by atoms with Crippen LogP contribution in [0.4, 0.5) is 10.5 Å². The van der Waals surface area contributed by atoms with E-state index < -0.39 is 50.4 Å². The minimum atomic E-state index is -2.41. The smallest absolute Gasteiger partial charge is 0.324 e. The molecule has 2 aromatic heterocycles. The second kappa shape index (κ2) is 20.7. The summed E-state index contributed by atoms with van der Waals surface area (Å²) in [6.07, 6.45) is 7.55. The molecule has 0 saturated carbocycles. The first-order valence-electron chi connectivity index (χ1n) is 23.2. The Hall–Kier alpha value is -5.23. The first-order valence-corrected chi connectivity index (χ1v) is 25.4. The van der Waals surface area contributed by atoms with Gasteiger partial charge in [-0.1, -0.05) is 58.1 Å². The largest absolute Gasteiger partial charge is 0.464 e. The Morgan fingerprint density at radius 2 is 1.95 bits per heavy atom. The summed E-state index contributed by atoms with van der Waals surface area (Å²) < 4.78 is 14.3. The second-order valence-corrected chi connectivity index (χ2v) is 21.3. The normalized spacial score (nSPS) is 21.5. The highest BCUT2D eigenvalue weighted by atomic mass is 32.1. The van der Waals surface area contributed by atoms with Gasteiger partial charge in [-0.25, -0.2) is 5.43 Å². The Kier molecular flexibility index (Phi) is 15.3. The predicted molar refractivity (Wildman–Crippen MR) is 261 cm³/mol. The molecule has 6 heterocycles. The van der Waals surface area contributed by atoms with Gasteiger partial charge in [0, 0.05) is 92.6 Å². The van der Waals surface area contributed by atoms with E-state index in [4.69, 9.17) is 26.7 Å². The molecule has 66 heavy (non-hydrogen) atoms. The number of likely N-dealkylation sites (tertiary alicyclic amines) is 1. The van der Waals surface area contributed by atoms with Crippen LogP contribution in [0.15, 0.2) is 60.8 Å². The topological polar surface area (TPSA) is 159 Å². The van der Waals surface area contributed by atoms with Gasteiger partial charge in [-0.15, -0.1) is 0 Å². The summed E-state index contributed by atoms with van der Waals surface area (Å²) in [5.41, 5.74) is 9.32. The van der Waals surface area contributed by atoms with E-state index in [0.29, 0.717) is 57.9 Å². The quantitative estimate of drug-likeness (QED) is 0.0768. The zero-order valence-corrected chi connectivity index (χ0v) is 41.2. The number of hydrazine groups is 1. The molecular formula is C49H65N8O7SSi. The van der Waals surface area contributed by atoms with E-state index in [9.17, 15) is 24.0 Å². The van der Waals surface area contributed by atoms with Crippen molar-refractivity contribution in [3.63, 3.8) is 0 Å². The van der Waals surface area contributed by atoms with E-state index in [1.54, 1.807) is 30.6 Å². The number of hydrogen-bond donors (Lipinski definition) is 2. The fourth-order valence-electron chi connectivity index (χ4n) is 10.1. The summed E-state index contributed by atoms with van der Waals surface area (Å²) in [5, 5.41) is 4.18. The van der Waals surface area contributed by atoms with Crippen molar-refractivity contribution in [3.8, 4) is 11.3 Å². The molecule has 353 valence electrons. The first-order chi connectivity index (χ1) is 31.6. The Labute approximate surface area is 395 Å². The van der Waals surface area contributed by atoms with Gasteiger partial charge in [-0.05, 0) is 93.0 Å². The number of aryl methyl sites for hydroxylation is 1. The molecule has 1 radical (unpaired) electrons. The van der Waals surface area contributed by atoms with Gasteiger partial charge < -0.3 is 33.7 Å². The molecule has 0 spiro atoms. The van der Waals surface area contributed by atoms with Crippen molar-refractivity contribution < 1.29 is 33.4 Å². The minimum absolute atomic E-state index is 0.133. The number of nitrogens with one attached hydrogen (secondary N) is 2. The van der Waals surface area contributed by atoms with E-state index in [1.165, 1.54) is 16.0 Å². The maximum Gasteiger partial charge on any atom is 0.324 e. The number of likely N-dealkylation sites (N-methyl/N-ethyl adjacent to an activating group) is 1. The lowest BCUT2D eigenvalue weighted by Gasteiger charge is -2.37. The van der Waals surface area contributed by atoms with Crippen molar-refractivity contribution in [1.82, 2.24) is 34.8 Å². The number of benzene rings is 1. The van der Waals surface area contributed by atoms with Crippen LogP contribution in [0.5, 0.6) is 0 Å². The van der Waals surface area contributed by atoms with Crippen LogP contribution in [0.2, 0.25) is 6.04 Å². The van der Waals surface area contributed by atoms with Crippen molar-refractivity contribution in [2.24, 2.45) is 17.3 Å². The third-order valence-electron chi connectivity index (χ3n) is 13.4. The average Bonchev–Trinajstić information content (AvgIpc) is 3.93. The van der Waals surface area contributed by atoms with Crippen molar-refractivity contribution in [2.45, 2.75) is 97.5 Å². The predicted octanol–water partition coefficient (Wildman–Crippen LogP) is 5.97. The first kappa shape index (κ1) is 48.7. The van der Waals surface area contributed by atoms with Crippen molar-refractivity contribution >= 4 is 72.4 Å². The summed E-state index contributed by atoms with van der Waals surface area (Å²) in [7, 11) is 0.845. The molecule has 15 nitrogen and oxygen atoms in total. The Morgan fingerprint density at radius 1 is 1.17 bits per heavy atom. The number of methoxy groups -OCH3 is 1. The van der Waals surface area contributed by atoms with Gasteiger partial charge in [-0.2, -0.15) is 0 Å². The fourth-order valence-corrected chi connectivity index (χ4v) is 12.3. The van der Waals surface area contributed by atoms with Crippen LogP contribution in [0.25, 0.3) is 22.2 Å². The third-order valence-corrected chi connectivity index (χ3v) is 15.8. The van der Waals surface area contributed by atoms with Gasteiger partial charge in [0.05, 0.1) is 23.9 Å². The van der Waals surface area contributed by atoms with Crippen LogP contribution in [-0.4, -0.2) is 133 Å². The summed E-state index contributed by atoms with van der Waals surface area (Å²) in [4.78, 5) is 82.9. The van der Waals surface area contributed by atoms with Crippen LogP contribution in [0, 0.1) is 17.3 Å². The average molecular weight is 938 g/mol. The van der Waals surface area contributed by atoms with E-state index >= 15 is 0 Å². The number of anilines is 1. The van der Waals surface area contributed by atoms with Crippen molar-refractivity contribution in [1.29, 1.82) is 0 Å². The molecule has 0 aliphatic carbocycles. The van der Waals surface area contributed by atoms with E-state index in [-0.39, 0.29) is 36.4 Å². The number of carbonyl (C=O) groups is 5. The number of rotatable bonds is 11. The Balaban J connectivity index is 1.26. The third kappa shape index (κ3) is 10.2.